The molecule has 0 saturated heterocycles. The normalized spacial score (nSPS) is 21.5. The number of carbonyl (C=O) groups excluding carboxylic acids is 1. The van der Waals surface area contributed by atoms with Gasteiger partial charge in [0.2, 0.25) is 0 Å². The van der Waals surface area contributed by atoms with Crippen molar-refractivity contribution < 1.29 is 14.3 Å². The second-order valence-electron chi connectivity index (χ2n) is 7.19. The molecule has 5 nitrogen and oxygen atoms in total. The van der Waals surface area contributed by atoms with Gasteiger partial charge >= 0.3 is 5.97 Å². The van der Waals surface area contributed by atoms with E-state index in [4.69, 9.17) is 9.47 Å². The van der Waals surface area contributed by atoms with Crippen LogP contribution in [0.15, 0.2) is 72.9 Å². The molecule has 144 valence electrons. The molecule has 0 N–H and O–H groups in total. The lowest BCUT2D eigenvalue weighted by molar-refractivity contribution is 0.0142. The van der Waals surface area contributed by atoms with Crippen LogP contribution in [0.1, 0.15) is 40.4 Å². The molecule has 0 spiro atoms. The summed E-state index contributed by atoms with van der Waals surface area (Å²) in [6.45, 7) is 0.558. The summed E-state index contributed by atoms with van der Waals surface area (Å²) in [4.78, 5) is 12.6. The lowest BCUT2D eigenvalue weighted by atomic mass is 10.0. The van der Waals surface area contributed by atoms with Crippen LogP contribution in [-0.2, 0) is 23.1 Å². The Labute approximate surface area is 164 Å². The van der Waals surface area contributed by atoms with Gasteiger partial charge in [0.05, 0.1) is 18.3 Å². The summed E-state index contributed by atoms with van der Waals surface area (Å²) in [6.07, 6.45) is 3.07. The number of benzene rings is 2. The molecule has 0 radical (unpaired) electrons. The van der Waals surface area contributed by atoms with Crippen LogP contribution in [0.25, 0.3) is 0 Å². The Kier molecular flexibility index (Phi) is 5.53. The highest BCUT2D eigenvalue weighted by molar-refractivity contribution is 5.89. The predicted molar refractivity (Wildman–Crippen MR) is 106 cm³/mol. The van der Waals surface area contributed by atoms with Gasteiger partial charge in [-0.05, 0) is 30.2 Å². The van der Waals surface area contributed by atoms with Crippen LogP contribution in [-0.4, -0.2) is 28.0 Å². The van der Waals surface area contributed by atoms with E-state index in [2.05, 4.69) is 17.2 Å². The first-order chi connectivity index (χ1) is 13.7. The smallest absolute Gasteiger partial charge is 0.338 e. The third-order valence-electron chi connectivity index (χ3n) is 5.30. The maximum absolute atomic E-state index is 12.6. The summed E-state index contributed by atoms with van der Waals surface area (Å²) >= 11 is 0. The van der Waals surface area contributed by atoms with Crippen molar-refractivity contribution in [3.05, 3.63) is 89.7 Å². The van der Waals surface area contributed by atoms with Crippen molar-refractivity contribution in [2.45, 2.75) is 37.6 Å². The van der Waals surface area contributed by atoms with Crippen molar-refractivity contribution >= 4 is 5.97 Å². The van der Waals surface area contributed by atoms with Gasteiger partial charge in [0, 0.05) is 31.3 Å². The molecule has 1 heterocycles. The molecule has 5 heteroatoms. The number of esters is 1. The van der Waals surface area contributed by atoms with Crippen molar-refractivity contribution in [2.24, 2.45) is 7.05 Å². The summed E-state index contributed by atoms with van der Waals surface area (Å²) in [7, 11) is 1.92. The van der Waals surface area contributed by atoms with Crippen LogP contribution < -0.4 is 0 Å². The molecular weight excluding hydrogens is 352 g/mol. The first kappa shape index (κ1) is 18.4. The molecule has 2 aromatic carbocycles. The molecule has 0 amide bonds. The van der Waals surface area contributed by atoms with E-state index in [1.807, 2.05) is 54.2 Å². The molecule has 28 heavy (non-hydrogen) atoms. The molecule has 3 unspecified atom stereocenters. The summed E-state index contributed by atoms with van der Waals surface area (Å²) in [6, 6.07) is 21.3. The van der Waals surface area contributed by atoms with Gasteiger partial charge in [0.1, 0.15) is 6.10 Å². The molecule has 1 saturated carbocycles. The minimum atomic E-state index is -0.290. The van der Waals surface area contributed by atoms with Crippen LogP contribution >= 0.6 is 0 Å². The average Bonchev–Trinajstić information content (AvgIpc) is 3.33. The molecule has 1 aromatic heterocycles. The van der Waals surface area contributed by atoms with E-state index in [-0.39, 0.29) is 24.1 Å². The fourth-order valence-corrected chi connectivity index (χ4v) is 3.85. The van der Waals surface area contributed by atoms with Gasteiger partial charge in [0.15, 0.2) is 0 Å². The van der Waals surface area contributed by atoms with Crippen LogP contribution in [0.3, 0.4) is 0 Å². The lowest BCUT2D eigenvalue weighted by Crippen LogP contribution is -2.23. The number of aromatic nitrogens is 2. The molecule has 4 rings (SSSR count). The van der Waals surface area contributed by atoms with Crippen molar-refractivity contribution in [1.29, 1.82) is 0 Å². The summed E-state index contributed by atoms with van der Waals surface area (Å²) in [5.74, 6) is -0.220. The van der Waals surface area contributed by atoms with Gasteiger partial charge < -0.3 is 9.47 Å². The van der Waals surface area contributed by atoms with Gasteiger partial charge in [-0.1, -0.05) is 48.5 Å². The molecule has 3 aromatic rings. The predicted octanol–water partition coefficient (Wildman–Crippen LogP) is 4.11. The second kappa shape index (κ2) is 8.40. The van der Waals surface area contributed by atoms with Crippen LogP contribution in [0.5, 0.6) is 0 Å². The monoisotopic (exact) mass is 376 g/mol. The number of nitrogens with zero attached hydrogens (tertiary/aromatic N) is 2. The van der Waals surface area contributed by atoms with Gasteiger partial charge in [-0.2, -0.15) is 5.10 Å². The standard InChI is InChI=1S/C23H24N2O3/c1-25-21(12-13-24-25)20-14-19(27-16-17-8-4-2-5-9-17)15-22(20)28-23(26)18-10-6-3-7-11-18/h2-13,19-20,22H,14-16H2,1H3. The lowest BCUT2D eigenvalue weighted by Gasteiger charge is -2.20. The number of hydrogen-bond donors (Lipinski definition) is 0. The highest BCUT2D eigenvalue weighted by Gasteiger charge is 2.40. The van der Waals surface area contributed by atoms with Gasteiger partial charge in [-0.15, -0.1) is 0 Å². The van der Waals surface area contributed by atoms with E-state index in [1.54, 1.807) is 18.3 Å². The maximum atomic E-state index is 12.6. The number of ether oxygens (including phenoxy) is 2. The van der Waals surface area contributed by atoms with Crippen LogP contribution in [0.4, 0.5) is 0 Å². The van der Waals surface area contributed by atoms with E-state index in [1.165, 1.54) is 0 Å². The average molecular weight is 376 g/mol. The highest BCUT2D eigenvalue weighted by atomic mass is 16.5. The highest BCUT2D eigenvalue weighted by Crippen LogP contribution is 2.38. The Morgan fingerprint density at radius 2 is 1.75 bits per heavy atom. The van der Waals surface area contributed by atoms with Crippen molar-refractivity contribution in [2.75, 3.05) is 0 Å². The van der Waals surface area contributed by atoms with Crippen LogP contribution in [0.2, 0.25) is 0 Å². The fraction of sp³-hybridized carbons (Fsp3) is 0.304. The molecule has 1 aliphatic rings. The molecule has 3 atom stereocenters. The quantitative estimate of drug-likeness (QED) is 0.608. The minimum Gasteiger partial charge on any atom is -0.458 e. The number of hydrogen-bond acceptors (Lipinski definition) is 4. The molecule has 0 aliphatic heterocycles. The topological polar surface area (TPSA) is 53.4 Å². The van der Waals surface area contributed by atoms with E-state index >= 15 is 0 Å². The number of carbonyl (C=O) groups is 1. The zero-order chi connectivity index (χ0) is 19.3. The summed E-state index contributed by atoms with van der Waals surface area (Å²) in [5, 5.41) is 4.29. The van der Waals surface area contributed by atoms with Gasteiger partial charge in [-0.3, -0.25) is 4.68 Å². The molecule has 1 aliphatic carbocycles. The molecule has 1 fully saturated rings. The minimum absolute atomic E-state index is 0.0358. The zero-order valence-corrected chi connectivity index (χ0v) is 15.9. The van der Waals surface area contributed by atoms with E-state index in [0.717, 1.165) is 17.7 Å². The number of aryl methyl sites for hydroxylation is 1. The Bertz CT molecular complexity index is 908. The van der Waals surface area contributed by atoms with E-state index in [0.29, 0.717) is 18.6 Å². The molecule has 0 bridgehead atoms. The fourth-order valence-electron chi connectivity index (χ4n) is 3.85. The third kappa shape index (κ3) is 4.15. The maximum Gasteiger partial charge on any atom is 0.338 e. The number of rotatable bonds is 6. The second-order valence-corrected chi connectivity index (χ2v) is 7.19. The SMILES string of the molecule is Cn1nccc1C1CC(OCc2ccccc2)CC1OC(=O)c1ccccc1. The van der Waals surface area contributed by atoms with E-state index < -0.39 is 0 Å². The zero-order valence-electron chi connectivity index (χ0n) is 15.9. The van der Waals surface area contributed by atoms with E-state index in [9.17, 15) is 4.79 Å². The van der Waals surface area contributed by atoms with Gasteiger partial charge in [0.25, 0.3) is 0 Å². The largest absolute Gasteiger partial charge is 0.458 e. The van der Waals surface area contributed by atoms with Gasteiger partial charge in [-0.25, -0.2) is 4.79 Å². The van der Waals surface area contributed by atoms with Crippen LogP contribution in [0, 0.1) is 0 Å². The van der Waals surface area contributed by atoms with Crippen molar-refractivity contribution in [3.63, 3.8) is 0 Å². The van der Waals surface area contributed by atoms with Crippen molar-refractivity contribution in [1.82, 2.24) is 9.78 Å². The summed E-state index contributed by atoms with van der Waals surface area (Å²) < 4.78 is 13.9. The Morgan fingerprint density at radius 1 is 1.04 bits per heavy atom. The van der Waals surface area contributed by atoms with Crippen molar-refractivity contribution in [3.8, 4) is 0 Å². The first-order valence-corrected chi connectivity index (χ1v) is 9.60. The third-order valence-corrected chi connectivity index (χ3v) is 5.30. The first-order valence-electron chi connectivity index (χ1n) is 9.60. The Hall–Kier alpha value is -2.92. The Balaban J connectivity index is 1.47. The molecular formula is C23H24N2O3. The summed E-state index contributed by atoms with van der Waals surface area (Å²) in [5.41, 5.74) is 2.78. The Morgan fingerprint density at radius 3 is 2.43 bits per heavy atom.